The normalized spacial score (nSPS) is 18.4. The fourth-order valence-electron chi connectivity index (χ4n) is 2.88. The van der Waals surface area contributed by atoms with Crippen LogP contribution in [0.25, 0.3) is 10.1 Å². The Labute approximate surface area is 150 Å². The van der Waals surface area contributed by atoms with Crippen LogP contribution in [0.1, 0.15) is 42.1 Å². The topological polar surface area (TPSA) is 81.9 Å². The molecule has 2 N–H and O–H groups in total. The lowest BCUT2D eigenvalue weighted by Crippen LogP contribution is -2.44. The van der Waals surface area contributed by atoms with Gasteiger partial charge in [0, 0.05) is 16.8 Å². The summed E-state index contributed by atoms with van der Waals surface area (Å²) in [7, 11) is 0. The summed E-state index contributed by atoms with van der Waals surface area (Å²) < 4.78 is 12.3. The van der Waals surface area contributed by atoms with Crippen LogP contribution in [0.5, 0.6) is 0 Å². The van der Waals surface area contributed by atoms with E-state index in [1.807, 2.05) is 45.0 Å². The molecule has 6 nitrogen and oxygen atoms in total. The second-order valence-electron chi connectivity index (χ2n) is 6.99. The highest BCUT2D eigenvalue weighted by Gasteiger charge is 2.32. The number of nitrogens with zero attached hydrogens (tertiary/aromatic N) is 1. The zero-order valence-corrected chi connectivity index (χ0v) is 15.4. The van der Waals surface area contributed by atoms with E-state index in [1.54, 1.807) is 4.90 Å². The van der Waals surface area contributed by atoms with E-state index < -0.39 is 17.6 Å². The van der Waals surface area contributed by atoms with E-state index in [0.717, 1.165) is 15.6 Å². The molecule has 7 heteroatoms. The first-order chi connectivity index (χ1) is 11.8. The highest BCUT2D eigenvalue weighted by molar-refractivity contribution is 7.21. The van der Waals surface area contributed by atoms with Crippen molar-refractivity contribution in [3.8, 4) is 0 Å². The van der Waals surface area contributed by atoms with Crippen LogP contribution in [-0.2, 0) is 9.47 Å². The van der Waals surface area contributed by atoms with Crippen LogP contribution >= 0.6 is 11.3 Å². The van der Waals surface area contributed by atoms with Gasteiger partial charge in [0.1, 0.15) is 11.7 Å². The van der Waals surface area contributed by atoms with E-state index in [-0.39, 0.29) is 6.09 Å². The molecular weight excluding hydrogens is 340 g/mol. The molecule has 0 aliphatic carbocycles. The van der Waals surface area contributed by atoms with Crippen molar-refractivity contribution in [3.63, 3.8) is 0 Å². The van der Waals surface area contributed by atoms with Crippen molar-refractivity contribution in [2.45, 2.75) is 32.5 Å². The van der Waals surface area contributed by atoms with Crippen LogP contribution in [0, 0.1) is 0 Å². The zero-order valence-electron chi connectivity index (χ0n) is 14.6. The number of primary amides is 1. The summed E-state index contributed by atoms with van der Waals surface area (Å²) >= 11 is 1.36. The molecular formula is C18H22N2O4S. The number of thiophene rings is 1. The highest BCUT2D eigenvalue weighted by Crippen LogP contribution is 2.38. The summed E-state index contributed by atoms with van der Waals surface area (Å²) in [4.78, 5) is 26.4. The molecule has 134 valence electrons. The van der Waals surface area contributed by atoms with E-state index >= 15 is 0 Å². The van der Waals surface area contributed by atoms with E-state index in [2.05, 4.69) is 0 Å². The Bertz CT molecular complexity index is 809. The minimum atomic E-state index is -0.557. The lowest BCUT2D eigenvalue weighted by Gasteiger charge is -2.34. The molecule has 1 saturated heterocycles. The molecule has 1 aliphatic rings. The summed E-state index contributed by atoms with van der Waals surface area (Å²) in [6, 6.07) is 7.73. The molecule has 2 heterocycles. The third kappa shape index (κ3) is 3.77. The maximum atomic E-state index is 12.4. The van der Waals surface area contributed by atoms with Crippen LogP contribution in [0.2, 0.25) is 0 Å². The number of rotatable bonds is 2. The number of amides is 2. The second kappa shape index (κ2) is 6.65. The van der Waals surface area contributed by atoms with Gasteiger partial charge in [-0.2, -0.15) is 0 Å². The van der Waals surface area contributed by atoms with Crippen molar-refractivity contribution in [1.82, 2.24) is 4.90 Å². The summed E-state index contributed by atoms with van der Waals surface area (Å²) in [6.07, 6.45) is -0.777. The van der Waals surface area contributed by atoms with Gasteiger partial charge in [0.25, 0.3) is 5.91 Å². The number of hydrogen-bond donors (Lipinski definition) is 1. The van der Waals surface area contributed by atoms with Crippen LogP contribution in [0.4, 0.5) is 4.79 Å². The Hall–Kier alpha value is -2.12. The van der Waals surface area contributed by atoms with Gasteiger partial charge < -0.3 is 20.1 Å². The van der Waals surface area contributed by atoms with Crippen molar-refractivity contribution in [3.05, 3.63) is 34.7 Å². The Morgan fingerprint density at radius 3 is 2.72 bits per heavy atom. The van der Waals surface area contributed by atoms with Crippen molar-refractivity contribution in [2.75, 3.05) is 19.7 Å². The lowest BCUT2D eigenvalue weighted by molar-refractivity contribution is -0.0428. The molecule has 1 aromatic heterocycles. The Kier molecular flexibility index (Phi) is 4.71. The van der Waals surface area contributed by atoms with Crippen LogP contribution in [0.3, 0.4) is 0 Å². The lowest BCUT2D eigenvalue weighted by atomic mass is 10.0. The molecule has 3 rings (SSSR count). The van der Waals surface area contributed by atoms with Gasteiger partial charge in [-0.15, -0.1) is 11.3 Å². The van der Waals surface area contributed by atoms with Gasteiger partial charge in [-0.05, 0) is 32.2 Å². The van der Waals surface area contributed by atoms with Gasteiger partial charge in [-0.1, -0.05) is 18.2 Å². The SMILES string of the molecule is CC(C)(C)OC(=O)N1CCOC(c2c(C(N)=O)sc3ccccc23)C1. The third-order valence-corrected chi connectivity index (χ3v) is 5.10. The molecule has 0 spiro atoms. The quantitative estimate of drug-likeness (QED) is 0.888. The van der Waals surface area contributed by atoms with Crippen molar-refractivity contribution in [2.24, 2.45) is 5.73 Å². The molecule has 1 atom stereocenters. The minimum Gasteiger partial charge on any atom is -0.444 e. The highest BCUT2D eigenvalue weighted by atomic mass is 32.1. The zero-order chi connectivity index (χ0) is 18.2. The average molecular weight is 362 g/mol. The number of carbonyl (C=O) groups is 2. The van der Waals surface area contributed by atoms with Crippen LogP contribution in [0.15, 0.2) is 24.3 Å². The van der Waals surface area contributed by atoms with Gasteiger partial charge in [0.05, 0.1) is 18.0 Å². The molecule has 2 amide bonds. The number of carbonyl (C=O) groups excluding carboxylic acids is 2. The summed E-state index contributed by atoms with van der Waals surface area (Å²) in [5.74, 6) is -0.478. The fourth-order valence-corrected chi connectivity index (χ4v) is 3.99. The average Bonchev–Trinajstić information content (AvgIpc) is 2.93. The number of morpholine rings is 1. The molecule has 0 bridgehead atoms. The van der Waals surface area contributed by atoms with Gasteiger partial charge in [-0.25, -0.2) is 4.79 Å². The smallest absolute Gasteiger partial charge is 0.410 e. The molecule has 1 aromatic carbocycles. The first-order valence-corrected chi connectivity index (χ1v) is 8.98. The molecule has 1 unspecified atom stereocenters. The minimum absolute atomic E-state index is 0.329. The van der Waals surface area contributed by atoms with Crippen molar-refractivity contribution in [1.29, 1.82) is 0 Å². The Balaban J connectivity index is 1.91. The van der Waals surface area contributed by atoms with Gasteiger partial charge in [0.2, 0.25) is 0 Å². The van der Waals surface area contributed by atoms with E-state index in [1.165, 1.54) is 11.3 Å². The summed E-state index contributed by atoms with van der Waals surface area (Å²) in [5, 5.41) is 0.942. The third-order valence-electron chi connectivity index (χ3n) is 3.90. The van der Waals surface area contributed by atoms with Crippen LogP contribution < -0.4 is 5.73 Å². The fraction of sp³-hybridized carbons (Fsp3) is 0.444. The second-order valence-corrected chi connectivity index (χ2v) is 8.04. The number of benzene rings is 1. The summed E-state index contributed by atoms with van der Waals surface area (Å²) in [6.45, 7) is 6.67. The molecule has 1 aliphatic heterocycles. The Morgan fingerprint density at radius 2 is 2.04 bits per heavy atom. The maximum absolute atomic E-state index is 12.4. The van der Waals surface area contributed by atoms with Crippen molar-refractivity contribution >= 4 is 33.4 Å². The monoisotopic (exact) mass is 362 g/mol. The van der Waals surface area contributed by atoms with E-state index in [4.69, 9.17) is 15.2 Å². The van der Waals surface area contributed by atoms with Gasteiger partial charge >= 0.3 is 6.09 Å². The molecule has 0 radical (unpaired) electrons. The van der Waals surface area contributed by atoms with Gasteiger partial charge in [0.15, 0.2) is 0 Å². The van der Waals surface area contributed by atoms with Crippen LogP contribution in [-0.4, -0.2) is 42.2 Å². The van der Waals surface area contributed by atoms with Crippen molar-refractivity contribution < 1.29 is 19.1 Å². The first-order valence-electron chi connectivity index (χ1n) is 8.17. The largest absolute Gasteiger partial charge is 0.444 e. The van der Waals surface area contributed by atoms with E-state index in [9.17, 15) is 9.59 Å². The predicted octanol–water partition coefficient (Wildman–Crippen LogP) is 3.31. The van der Waals surface area contributed by atoms with E-state index in [0.29, 0.717) is 24.6 Å². The first kappa shape index (κ1) is 17.7. The summed E-state index contributed by atoms with van der Waals surface area (Å²) in [5.41, 5.74) is 5.78. The molecule has 0 saturated carbocycles. The standard InChI is InChI=1S/C18H22N2O4S/c1-18(2,3)24-17(22)20-8-9-23-12(10-20)14-11-6-4-5-7-13(11)25-15(14)16(19)21/h4-7,12H,8-10H2,1-3H3,(H2,19,21). The maximum Gasteiger partial charge on any atom is 0.410 e. The van der Waals surface area contributed by atoms with Gasteiger partial charge in [-0.3, -0.25) is 4.79 Å². The molecule has 1 fully saturated rings. The Morgan fingerprint density at radius 1 is 1.32 bits per heavy atom. The predicted molar refractivity (Wildman–Crippen MR) is 96.8 cm³/mol. The molecule has 2 aromatic rings. The number of fused-ring (bicyclic) bond motifs is 1. The number of nitrogens with two attached hydrogens (primary N) is 1. The number of hydrogen-bond acceptors (Lipinski definition) is 5. The number of ether oxygens (including phenoxy) is 2. The molecule has 25 heavy (non-hydrogen) atoms.